The van der Waals surface area contributed by atoms with E-state index in [-0.39, 0.29) is 6.04 Å². The maximum atomic E-state index is 12.5. The van der Waals surface area contributed by atoms with E-state index in [2.05, 4.69) is 17.6 Å². The Bertz CT molecular complexity index is 432. The minimum absolute atomic E-state index is 0.191. The average molecular weight is 290 g/mol. The molecule has 6 heteroatoms. The van der Waals surface area contributed by atoms with Crippen LogP contribution in [0.25, 0.3) is 0 Å². The number of benzene rings is 1. The molecule has 0 aliphatic carbocycles. The third kappa shape index (κ3) is 5.46. The van der Waals surface area contributed by atoms with Crippen molar-refractivity contribution in [2.24, 2.45) is 0 Å². The van der Waals surface area contributed by atoms with E-state index in [1.807, 2.05) is 6.92 Å². The van der Waals surface area contributed by atoms with E-state index in [1.54, 1.807) is 6.07 Å². The van der Waals surface area contributed by atoms with Gasteiger partial charge in [0.25, 0.3) is 0 Å². The number of nitrogens with one attached hydrogen (secondary N) is 2. The lowest BCUT2D eigenvalue weighted by molar-refractivity contribution is -0.137. The molecule has 0 fully saturated rings. The van der Waals surface area contributed by atoms with E-state index in [0.717, 1.165) is 25.0 Å². The first-order valence-electron chi connectivity index (χ1n) is 6.07. The normalized spacial score (nSPS) is 12.9. The molecule has 0 amide bonds. The Labute approximate surface area is 116 Å². The van der Waals surface area contributed by atoms with Crippen molar-refractivity contribution in [3.63, 3.8) is 0 Å². The van der Waals surface area contributed by atoms with Crippen molar-refractivity contribution >= 4 is 23.0 Å². The molecule has 0 aromatic heterocycles. The average Bonchev–Trinajstić information content (AvgIpc) is 2.28. The number of rotatable bonds is 4. The van der Waals surface area contributed by atoms with Crippen LogP contribution in [0.5, 0.6) is 0 Å². The Hall–Kier alpha value is -1.30. The highest BCUT2D eigenvalue weighted by Gasteiger charge is 2.30. The van der Waals surface area contributed by atoms with Gasteiger partial charge in [0, 0.05) is 11.7 Å². The van der Waals surface area contributed by atoms with Gasteiger partial charge in [0.05, 0.1) is 5.56 Å². The molecule has 0 aliphatic rings. The van der Waals surface area contributed by atoms with Crippen molar-refractivity contribution in [2.75, 3.05) is 5.32 Å². The summed E-state index contributed by atoms with van der Waals surface area (Å²) in [6, 6.07) is 5.16. The summed E-state index contributed by atoms with van der Waals surface area (Å²) in [5.74, 6) is 0. The minimum atomic E-state index is -4.35. The largest absolute Gasteiger partial charge is 0.416 e. The summed E-state index contributed by atoms with van der Waals surface area (Å²) in [4.78, 5) is 0. The van der Waals surface area contributed by atoms with Crippen molar-refractivity contribution in [3.05, 3.63) is 29.8 Å². The number of hydrogen-bond donors (Lipinski definition) is 2. The highest BCUT2D eigenvalue weighted by atomic mass is 32.1. The standard InChI is InChI=1S/C13H17F3N2S/c1-3-5-9(2)17-12(19)18-11-7-4-6-10(8-11)13(14,15)16/h4,6-9H,3,5H2,1-2H3,(H2,17,18,19)/t9-/m1/s1. The zero-order valence-corrected chi connectivity index (χ0v) is 11.7. The summed E-state index contributed by atoms with van der Waals surface area (Å²) >= 11 is 5.06. The second-order valence-electron chi connectivity index (χ2n) is 4.37. The Morgan fingerprint density at radius 2 is 2.05 bits per heavy atom. The lowest BCUT2D eigenvalue weighted by Crippen LogP contribution is -2.35. The summed E-state index contributed by atoms with van der Waals surface area (Å²) in [5.41, 5.74) is -0.363. The van der Waals surface area contributed by atoms with Gasteiger partial charge in [0.1, 0.15) is 0 Å². The first-order valence-corrected chi connectivity index (χ1v) is 6.48. The third-order valence-corrected chi connectivity index (χ3v) is 2.77. The van der Waals surface area contributed by atoms with Crippen LogP contribution < -0.4 is 10.6 Å². The quantitative estimate of drug-likeness (QED) is 0.813. The number of anilines is 1. The van der Waals surface area contributed by atoms with Gasteiger partial charge in [-0.05, 0) is 43.8 Å². The van der Waals surface area contributed by atoms with Crippen LogP contribution in [0.4, 0.5) is 18.9 Å². The summed E-state index contributed by atoms with van der Waals surface area (Å²) in [6.45, 7) is 4.03. The maximum absolute atomic E-state index is 12.5. The molecule has 0 saturated carbocycles. The zero-order valence-electron chi connectivity index (χ0n) is 10.8. The fraction of sp³-hybridized carbons (Fsp3) is 0.462. The van der Waals surface area contributed by atoms with E-state index in [4.69, 9.17) is 12.2 Å². The summed E-state index contributed by atoms with van der Waals surface area (Å²) in [6.07, 6.45) is -2.38. The molecule has 2 N–H and O–H groups in total. The highest BCUT2D eigenvalue weighted by molar-refractivity contribution is 7.80. The smallest absolute Gasteiger partial charge is 0.360 e. The number of halogens is 3. The molecule has 0 saturated heterocycles. The van der Waals surface area contributed by atoms with Crippen molar-refractivity contribution in [1.29, 1.82) is 0 Å². The molecule has 1 aromatic carbocycles. The lowest BCUT2D eigenvalue weighted by atomic mass is 10.2. The summed E-state index contributed by atoms with van der Waals surface area (Å²) in [7, 11) is 0. The van der Waals surface area contributed by atoms with E-state index >= 15 is 0 Å². The van der Waals surface area contributed by atoms with E-state index in [0.29, 0.717) is 10.8 Å². The van der Waals surface area contributed by atoms with Crippen LogP contribution in [-0.2, 0) is 6.18 Å². The van der Waals surface area contributed by atoms with Crippen LogP contribution in [0.1, 0.15) is 32.3 Å². The van der Waals surface area contributed by atoms with Gasteiger partial charge < -0.3 is 10.6 Å². The lowest BCUT2D eigenvalue weighted by Gasteiger charge is -2.17. The summed E-state index contributed by atoms with van der Waals surface area (Å²) < 4.78 is 37.6. The second-order valence-corrected chi connectivity index (χ2v) is 4.77. The Morgan fingerprint density at radius 1 is 1.37 bits per heavy atom. The van der Waals surface area contributed by atoms with E-state index in [1.165, 1.54) is 6.07 Å². The van der Waals surface area contributed by atoms with Crippen LogP contribution in [0.15, 0.2) is 24.3 Å². The predicted octanol–water partition coefficient (Wildman–Crippen LogP) is 4.18. The van der Waals surface area contributed by atoms with Crippen LogP contribution in [0.3, 0.4) is 0 Å². The fourth-order valence-corrected chi connectivity index (χ4v) is 1.99. The highest BCUT2D eigenvalue weighted by Crippen LogP contribution is 2.30. The molecule has 1 aromatic rings. The molecule has 0 heterocycles. The zero-order chi connectivity index (χ0) is 14.5. The topological polar surface area (TPSA) is 24.1 Å². The van der Waals surface area contributed by atoms with Crippen LogP contribution >= 0.6 is 12.2 Å². The van der Waals surface area contributed by atoms with Crippen molar-refractivity contribution in [3.8, 4) is 0 Å². The molecule has 1 atom stereocenters. The monoisotopic (exact) mass is 290 g/mol. The first-order chi connectivity index (χ1) is 8.82. The SMILES string of the molecule is CCC[C@@H](C)NC(=S)Nc1cccc(C(F)(F)F)c1. The van der Waals surface area contributed by atoms with Crippen LogP contribution in [0.2, 0.25) is 0 Å². The number of hydrogen-bond acceptors (Lipinski definition) is 1. The molecular weight excluding hydrogens is 273 g/mol. The van der Waals surface area contributed by atoms with E-state index in [9.17, 15) is 13.2 Å². The molecule has 0 aliphatic heterocycles. The third-order valence-electron chi connectivity index (χ3n) is 2.55. The van der Waals surface area contributed by atoms with Crippen LogP contribution in [0, 0.1) is 0 Å². The fourth-order valence-electron chi connectivity index (χ4n) is 1.67. The van der Waals surface area contributed by atoms with Gasteiger partial charge in [-0.3, -0.25) is 0 Å². The van der Waals surface area contributed by atoms with Gasteiger partial charge in [0.2, 0.25) is 0 Å². The van der Waals surface area contributed by atoms with Gasteiger partial charge in [-0.25, -0.2) is 0 Å². The van der Waals surface area contributed by atoms with Crippen molar-refractivity contribution in [1.82, 2.24) is 5.32 Å². The molecule has 106 valence electrons. The molecule has 0 unspecified atom stereocenters. The second kappa shape index (κ2) is 6.75. The summed E-state index contributed by atoms with van der Waals surface area (Å²) in [5, 5.41) is 6.12. The van der Waals surface area contributed by atoms with E-state index < -0.39 is 11.7 Å². The van der Waals surface area contributed by atoms with Gasteiger partial charge >= 0.3 is 6.18 Å². The molecule has 19 heavy (non-hydrogen) atoms. The molecule has 2 nitrogen and oxygen atoms in total. The van der Waals surface area contributed by atoms with Crippen LogP contribution in [-0.4, -0.2) is 11.2 Å². The van der Waals surface area contributed by atoms with Gasteiger partial charge in [-0.1, -0.05) is 19.4 Å². The Kier molecular flexibility index (Phi) is 5.60. The predicted molar refractivity (Wildman–Crippen MR) is 75.2 cm³/mol. The minimum Gasteiger partial charge on any atom is -0.360 e. The van der Waals surface area contributed by atoms with Gasteiger partial charge in [0.15, 0.2) is 5.11 Å². The molecule has 0 spiro atoms. The van der Waals surface area contributed by atoms with Gasteiger partial charge in [-0.15, -0.1) is 0 Å². The number of thiocarbonyl (C=S) groups is 1. The first kappa shape index (κ1) is 15.8. The number of alkyl halides is 3. The van der Waals surface area contributed by atoms with Gasteiger partial charge in [-0.2, -0.15) is 13.2 Å². The Morgan fingerprint density at radius 3 is 2.63 bits per heavy atom. The van der Waals surface area contributed by atoms with Crippen molar-refractivity contribution < 1.29 is 13.2 Å². The molecule has 1 rings (SSSR count). The molecule has 0 bridgehead atoms. The maximum Gasteiger partial charge on any atom is 0.416 e. The Balaban J connectivity index is 2.65. The molecular formula is C13H17F3N2S. The molecule has 0 radical (unpaired) electrons. The van der Waals surface area contributed by atoms with Crippen molar-refractivity contribution in [2.45, 2.75) is 38.9 Å².